The lowest BCUT2D eigenvalue weighted by Gasteiger charge is -2.08. The highest BCUT2D eigenvalue weighted by Crippen LogP contribution is 2.02. The highest BCUT2D eigenvalue weighted by Gasteiger charge is 2.20. The third-order valence-corrected chi connectivity index (χ3v) is 1.36. The van der Waals surface area contributed by atoms with Gasteiger partial charge >= 0.3 is 6.09 Å². The Morgan fingerprint density at radius 1 is 1.70 bits per heavy atom. The van der Waals surface area contributed by atoms with Crippen molar-refractivity contribution >= 4 is 12.4 Å². The molecule has 0 unspecified atom stereocenters. The fraction of sp³-hybridized carbons (Fsp3) is 0.667. The summed E-state index contributed by atoms with van der Waals surface area (Å²) in [5.74, 6) is 0. The van der Waals surface area contributed by atoms with Crippen molar-refractivity contribution in [2.45, 2.75) is 6.42 Å². The average Bonchev–Trinajstić information content (AvgIpc) is 2.31. The van der Waals surface area contributed by atoms with Crippen molar-refractivity contribution < 1.29 is 14.3 Å². The van der Waals surface area contributed by atoms with Gasteiger partial charge < -0.3 is 14.4 Å². The molecule has 1 aliphatic heterocycles. The summed E-state index contributed by atoms with van der Waals surface area (Å²) in [6.45, 7) is 1.56. The van der Waals surface area contributed by atoms with Crippen LogP contribution in [-0.2, 0) is 9.53 Å². The van der Waals surface area contributed by atoms with Crippen LogP contribution in [0.4, 0.5) is 4.79 Å². The van der Waals surface area contributed by atoms with Gasteiger partial charge in [0.25, 0.3) is 0 Å². The van der Waals surface area contributed by atoms with Crippen LogP contribution >= 0.6 is 0 Å². The molecule has 1 aliphatic rings. The Bertz CT molecular complexity index is 146. The lowest BCUT2D eigenvalue weighted by atomic mass is 10.4. The molecule has 1 heterocycles. The molecule has 1 saturated heterocycles. The van der Waals surface area contributed by atoms with Crippen molar-refractivity contribution in [3.05, 3.63) is 0 Å². The van der Waals surface area contributed by atoms with Gasteiger partial charge in [-0.3, -0.25) is 0 Å². The summed E-state index contributed by atoms with van der Waals surface area (Å²) in [5, 5.41) is 0. The van der Waals surface area contributed by atoms with Gasteiger partial charge in [-0.05, 0) is 0 Å². The van der Waals surface area contributed by atoms with Gasteiger partial charge in [-0.1, -0.05) is 0 Å². The number of rotatable bonds is 3. The predicted octanol–water partition coefficient (Wildman–Crippen LogP) is 0.0276. The summed E-state index contributed by atoms with van der Waals surface area (Å²) in [5.41, 5.74) is 0. The van der Waals surface area contributed by atoms with Gasteiger partial charge in [-0.2, -0.15) is 0 Å². The second-order valence-electron chi connectivity index (χ2n) is 2.06. The van der Waals surface area contributed by atoms with Gasteiger partial charge in [0.05, 0.1) is 6.54 Å². The SMILES string of the molecule is O=CCCN1CCOC1=O. The van der Waals surface area contributed by atoms with E-state index in [-0.39, 0.29) is 6.09 Å². The van der Waals surface area contributed by atoms with Gasteiger partial charge in [0.2, 0.25) is 0 Å². The lowest BCUT2D eigenvalue weighted by molar-refractivity contribution is -0.108. The van der Waals surface area contributed by atoms with Crippen LogP contribution in [-0.4, -0.2) is 37.0 Å². The molecular formula is C6H9NO3. The molecule has 0 bridgehead atoms. The van der Waals surface area contributed by atoms with E-state index in [2.05, 4.69) is 4.74 Å². The average molecular weight is 143 g/mol. The van der Waals surface area contributed by atoms with Crippen LogP contribution in [0, 0.1) is 0 Å². The number of hydrogen-bond donors (Lipinski definition) is 0. The van der Waals surface area contributed by atoms with Gasteiger partial charge in [0, 0.05) is 13.0 Å². The summed E-state index contributed by atoms with van der Waals surface area (Å²) in [7, 11) is 0. The number of hydrogen-bond acceptors (Lipinski definition) is 3. The van der Waals surface area contributed by atoms with Gasteiger partial charge in [-0.15, -0.1) is 0 Å². The second-order valence-corrected chi connectivity index (χ2v) is 2.06. The Morgan fingerprint density at radius 3 is 3.00 bits per heavy atom. The fourth-order valence-corrected chi connectivity index (χ4v) is 0.837. The van der Waals surface area contributed by atoms with E-state index in [4.69, 9.17) is 0 Å². The Balaban J connectivity index is 2.26. The Labute approximate surface area is 58.8 Å². The molecule has 0 N–H and O–H groups in total. The fourth-order valence-electron chi connectivity index (χ4n) is 0.837. The first-order valence-electron chi connectivity index (χ1n) is 3.20. The van der Waals surface area contributed by atoms with Crippen molar-refractivity contribution in [3.8, 4) is 0 Å². The highest BCUT2D eigenvalue weighted by molar-refractivity contribution is 5.69. The van der Waals surface area contributed by atoms with Crippen LogP contribution in [0.2, 0.25) is 0 Å². The van der Waals surface area contributed by atoms with Crippen LogP contribution in [0.1, 0.15) is 6.42 Å². The maximum atomic E-state index is 10.7. The molecule has 1 fully saturated rings. The van der Waals surface area contributed by atoms with E-state index in [9.17, 15) is 9.59 Å². The summed E-state index contributed by atoms with van der Waals surface area (Å²) in [4.78, 5) is 22.1. The first kappa shape index (κ1) is 7.05. The van der Waals surface area contributed by atoms with Crippen LogP contribution in [0.15, 0.2) is 0 Å². The predicted molar refractivity (Wildman–Crippen MR) is 33.6 cm³/mol. The van der Waals surface area contributed by atoms with Crippen molar-refractivity contribution in [2.24, 2.45) is 0 Å². The smallest absolute Gasteiger partial charge is 0.409 e. The molecule has 1 amide bonds. The molecule has 4 heteroatoms. The van der Waals surface area contributed by atoms with Crippen LogP contribution in [0.3, 0.4) is 0 Å². The van der Waals surface area contributed by atoms with Crippen LogP contribution in [0.5, 0.6) is 0 Å². The Hall–Kier alpha value is -1.06. The lowest BCUT2D eigenvalue weighted by Crippen LogP contribution is -2.25. The third-order valence-electron chi connectivity index (χ3n) is 1.36. The van der Waals surface area contributed by atoms with Gasteiger partial charge in [0.15, 0.2) is 0 Å². The number of carbonyl (C=O) groups excluding carboxylic acids is 2. The van der Waals surface area contributed by atoms with E-state index in [1.807, 2.05) is 0 Å². The normalized spacial score (nSPS) is 17.2. The van der Waals surface area contributed by atoms with Crippen molar-refractivity contribution in [2.75, 3.05) is 19.7 Å². The first-order valence-corrected chi connectivity index (χ1v) is 3.20. The maximum absolute atomic E-state index is 10.7. The minimum Gasteiger partial charge on any atom is -0.448 e. The maximum Gasteiger partial charge on any atom is 0.409 e. The molecule has 0 radical (unpaired) electrons. The van der Waals surface area contributed by atoms with Crippen molar-refractivity contribution in [1.82, 2.24) is 4.90 Å². The molecule has 0 aromatic carbocycles. The molecule has 1 rings (SSSR count). The minimum absolute atomic E-state index is 0.304. The number of aldehydes is 1. The quantitative estimate of drug-likeness (QED) is 0.523. The van der Waals surface area contributed by atoms with Gasteiger partial charge in [-0.25, -0.2) is 4.79 Å². The number of ether oxygens (including phenoxy) is 1. The topological polar surface area (TPSA) is 46.6 Å². The molecule has 4 nitrogen and oxygen atoms in total. The monoisotopic (exact) mass is 143 g/mol. The summed E-state index contributed by atoms with van der Waals surface area (Å²) >= 11 is 0. The number of nitrogens with zero attached hydrogens (tertiary/aromatic N) is 1. The van der Waals surface area contributed by atoms with Gasteiger partial charge in [0.1, 0.15) is 12.9 Å². The molecule has 0 atom stereocenters. The zero-order chi connectivity index (χ0) is 7.40. The second kappa shape index (κ2) is 3.20. The number of amides is 1. The summed E-state index contributed by atoms with van der Waals surface area (Å²) in [6.07, 6.45) is 0.891. The van der Waals surface area contributed by atoms with Crippen LogP contribution < -0.4 is 0 Å². The molecule has 10 heavy (non-hydrogen) atoms. The molecule has 0 aromatic rings. The Morgan fingerprint density at radius 2 is 2.50 bits per heavy atom. The Kier molecular flexibility index (Phi) is 2.25. The summed E-state index contributed by atoms with van der Waals surface area (Å²) < 4.78 is 4.63. The number of carbonyl (C=O) groups is 2. The van der Waals surface area contributed by atoms with E-state index in [0.717, 1.165) is 6.29 Å². The van der Waals surface area contributed by atoms with E-state index < -0.39 is 0 Å². The summed E-state index contributed by atoms with van der Waals surface area (Å²) in [6, 6.07) is 0. The standard InChI is InChI=1S/C6H9NO3/c8-4-1-2-7-3-5-10-6(7)9/h4H,1-3,5H2. The molecule has 56 valence electrons. The van der Waals surface area contributed by atoms with E-state index >= 15 is 0 Å². The minimum atomic E-state index is -0.304. The highest BCUT2D eigenvalue weighted by atomic mass is 16.6. The number of cyclic esters (lactones) is 1. The molecule has 0 saturated carbocycles. The van der Waals surface area contributed by atoms with Crippen LogP contribution in [0.25, 0.3) is 0 Å². The van der Waals surface area contributed by atoms with Crippen molar-refractivity contribution in [3.63, 3.8) is 0 Å². The van der Waals surface area contributed by atoms with Crippen molar-refractivity contribution in [1.29, 1.82) is 0 Å². The molecular weight excluding hydrogens is 134 g/mol. The molecule has 0 aromatic heterocycles. The van der Waals surface area contributed by atoms with E-state index in [1.165, 1.54) is 4.90 Å². The largest absolute Gasteiger partial charge is 0.448 e. The van der Waals surface area contributed by atoms with E-state index in [1.54, 1.807) is 0 Å². The zero-order valence-corrected chi connectivity index (χ0v) is 5.58. The zero-order valence-electron chi connectivity index (χ0n) is 5.58. The third kappa shape index (κ3) is 1.46. The molecule has 0 spiro atoms. The van der Waals surface area contributed by atoms with E-state index in [0.29, 0.717) is 26.1 Å². The first-order chi connectivity index (χ1) is 4.84. The molecule has 0 aliphatic carbocycles.